The van der Waals surface area contributed by atoms with Crippen LogP contribution in [-0.2, 0) is 21.1 Å². The summed E-state index contributed by atoms with van der Waals surface area (Å²) in [7, 11) is 1.85. The number of benzene rings is 1. The Labute approximate surface area is 137 Å². The van der Waals surface area contributed by atoms with Gasteiger partial charge in [-0.05, 0) is 30.5 Å². The van der Waals surface area contributed by atoms with Gasteiger partial charge in [0.2, 0.25) is 5.91 Å². The molecule has 0 spiro atoms. The molecule has 0 bridgehead atoms. The van der Waals surface area contributed by atoms with Crippen molar-refractivity contribution in [2.75, 3.05) is 32.8 Å². The summed E-state index contributed by atoms with van der Waals surface area (Å²) in [6.07, 6.45) is 1.44. The molecule has 1 saturated heterocycles. The van der Waals surface area contributed by atoms with Crippen molar-refractivity contribution >= 4 is 15.7 Å². The van der Waals surface area contributed by atoms with Crippen molar-refractivity contribution in [2.24, 2.45) is 0 Å². The third kappa shape index (κ3) is 4.37. The van der Waals surface area contributed by atoms with Crippen LogP contribution < -0.4 is 9.47 Å². The molecule has 23 heavy (non-hydrogen) atoms. The molecule has 1 heterocycles. The Morgan fingerprint density at radius 1 is 1.26 bits per heavy atom. The van der Waals surface area contributed by atoms with Gasteiger partial charge in [0, 0.05) is 19.5 Å². The fraction of sp³-hybridized carbons (Fsp3) is 0.562. The second-order valence-electron chi connectivity index (χ2n) is 5.75. The van der Waals surface area contributed by atoms with Gasteiger partial charge in [0.1, 0.15) is 0 Å². The van der Waals surface area contributed by atoms with Crippen molar-refractivity contribution in [3.05, 3.63) is 23.8 Å². The third-order valence-corrected chi connectivity index (χ3v) is 5.98. The van der Waals surface area contributed by atoms with E-state index >= 15 is 0 Å². The summed E-state index contributed by atoms with van der Waals surface area (Å²) >= 11 is 0. The van der Waals surface area contributed by atoms with Crippen LogP contribution >= 0.6 is 0 Å². The number of rotatable bonds is 6. The summed E-state index contributed by atoms with van der Waals surface area (Å²) in [6.45, 7) is 0. The van der Waals surface area contributed by atoms with Crippen LogP contribution in [0.15, 0.2) is 18.2 Å². The standard InChI is InChI=1S/C16H23NO5S/c1-17(13-8-9-23(19,20)11-13)16(18)7-5-12-4-6-14(21-2)15(10-12)22-3/h4,6,10,13H,5,7-9,11H2,1-3H3. The van der Waals surface area contributed by atoms with Crippen LogP contribution in [0, 0.1) is 0 Å². The van der Waals surface area contributed by atoms with Crippen LogP contribution in [0.4, 0.5) is 0 Å². The van der Waals surface area contributed by atoms with Gasteiger partial charge in [0.15, 0.2) is 21.3 Å². The summed E-state index contributed by atoms with van der Waals surface area (Å²) in [4.78, 5) is 13.8. The van der Waals surface area contributed by atoms with Gasteiger partial charge in [-0.3, -0.25) is 4.79 Å². The van der Waals surface area contributed by atoms with E-state index in [0.717, 1.165) is 5.56 Å². The number of hydrogen-bond acceptors (Lipinski definition) is 5. The van der Waals surface area contributed by atoms with Gasteiger partial charge in [-0.1, -0.05) is 6.07 Å². The molecule has 1 aromatic carbocycles. The number of sulfone groups is 1. The number of hydrogen-bond donors (Lipinski definition) is 0. The van der Waals surface area contributed by atoms with E-state index in [1.165, 1.54) is 0 Å². The molecule has 0 aromatic heterocycles. The number of aryl methyl sites for hydroxylation is 1. The van der Waals surface area contributed by atoms with Crippen LogP contribution in [0.5, 0.6) is 11.5 Å². The lowest BCUT2D eigenvalue weighted by molar-refractivity contribution is -0.131. The third-order valence-electron chi connectivity index (χ3n) is 4.23. The minimum Gasteiger partial charge on any atom is -0.493 e. The van der Waals surface area contributed by atoms with Gasteiger partial charge in [-0.25, -0.2) is 8.42 Å². The molecule has 1 aliphatic rings. The number of methoxy groups -OCH3 is 2. The van der Waals surface area contributed by atoms with Crippen LogP contribution in [0.2, 0.25) is 0 Å². The fourth-order valence-electron chi connectivity index (χ4n) is 2.75. The summed E-state index contributed by atoms with van der Waals surface area (Å²) in [5, 5.41) is 0. The highest BCUT2D eigenvalue weighted by Gasteiger charge is 2.32. The molecular weight excluding hydrogens is 318 g/mol. The SMILES string of the molecule is COc1ccc(CCC(=O)N(C)C2CCS(=O)(=O)C2)cc1OC. The van der Waals surface area contributed by atoms with E-state index in [0.29, 0.717) is 30.8 Å². The summed E-state index contributed by atoms with van der Waals surface area (Å²) < 4.78 is 33.5. The van der Waals surface area contributed by atoms with Crippen molar-refractivity contribution in [3.63, 3.8) is 0 Å². The molecule has 6 nitrogen and oxygen atoms in total. The zero-order valence-corrected chi connectivity index (χ0v) is 14.6. The molecule has 0 aliphatic carbocycles. The number of carbonyl (C=O) groups is 1. The highest BCUT2D eigenvalue weighted by Crippen LogP contribution is 2.28. The number of amides is 1. The monoisotopic (exact) mass is 341 g/mol. The Morgan fingerprint density at radius 2 is 1.96 bits per heavy atom. The van der Waals surface area contributed by atoms with Crippen LogP contribution in [0.3, 0.4) is 0 Å². The summed E-state index contributed by atoms with van der Waals surface area (Å²) in [6, 6.07) is 5.37. The Balaban J connectivity index is 1.94. The molecule has 128 valence electrons. The second-order valence-corrected chi connectivity index (χ2v) is 7.98. The molecule has 0 radical (unpaired) electrons. The van der Waals surface area contributed by atoms with E-state index in [9.17, 15) is 13.2 Å². The van der Waals surface area contributed by atoms with Crippen LogP contribution in [0.25, 0.3) is 0 Å². The summed E-state index contributed by atoms with van der Waals surface area (Å²) in [5.74, 6) is 1.49. The zero-order valence-electron chi connectivity index (χ0n) is 13.7. The van der Waals surface area contributed by atoms with E-state index in [4.69, 9.17) is 9.47 Å². The molecular formula is C16H23NO5S. The Bertz CT molecular complexity index is 671. The minimum atomic E-state index is -2.98. The van der Waals surface area contributed by atoms with Gasteiger partial charge in [0.05, 0.1) is 25.7 Å². The lowest BCUT2D eigenvalue weighted by atomic mass is 10.1. The molecule has 7 heteroatoms. The minimum absolute atomic E-state index is 0.0399. The average Bonchev–Trinajstić information content (AvgIpc) is 2.91. The van der Waals surface area contributed by atoms with Crippen molar-refractivity contribution in [1.82, 2.24) is 4.90 Å². The molecule has 1 amide bonds. The molecule has 1 aliphatic heterocycles. The van der Waals surface area contributed by atoms with E-state index in [1.54, 1.807) is 26.2 Å². The lowest BCUT2D eigenvalue weighted by Gasteiger charge is -2.23. The Morgan fingerprint density at radius 3 is 2.52 bits per heavy atom. The van der Waals surface area contributed by atoms with Crippen molar-refractivity contribution in [3.8, 4) is 11.5 Å². The van der Waals surface area contributed by atoms with Crippen molar-refractivity contribution < 1.29 is 22.7 Å². The lowest BCUT2D eigenvalue weighted by Crippen LogP contribution is -2.37. The largest absolute Gasteiger partial charge is 0.493 e. The number of nitrogens with zero attached hydrogens (tertiary/aromatic N) is 1. The maximum atomic E-state index is 12.3. The van der Waals surface area contributed by atoms with Crippen LogP contribution in [-0.4, -0.2) is 58.0 Å². The van der Waals surface area contributed by atoms with Gasteiger partial charge in [0.25, 0.3) is 0 Å². The maximum Gasteiger partial charge on any atom is 0.222 e. The van der Waals surface area contributed by atoms with Crippen LogP contribution in [0.1, 0.15) is 18.4 Å². The molecule has 0 N–H and O–H groups in total. The normalized spacial score (nSPS) is 19.3. The molecule has 2 rings (SSSR count). The first-order valence-corrected chi connectivity index (χ1v) is 9.35. The molecule has 0 saturated carbocycles. The Hall–Kier alpha value is -1.76. The average molecular weight is 341 g/mol. The Kier molecular flexibility index (Phi) is 5.51. The maximum absolute atomic E-state index is 12.3. The quantitative estimate of drug-likeness (QED) is 0.779. The fourth-order valence-corrected chi connectivity index (χ4v) is 4.52. The first-order valence-electron chi connectivity index (χ1n) is 7.53. The molecule has 1 atom stereocenters. The highest BCUT2D eigenvalue weighted by atomic mass is 32.2. The molecule has 1 unspecified atom stereocenters. The van der Waals surface area contributed by atoms with Gasteiger partial charge in [-0.15, -0.1) is 0 Å². The van der Waals surface area contributed by atoms with E-state index in [2.05, 4.69) is 0 Å². The topological polar surface area (TPSA) is 72.9 Å². The predicted octanol–water partition coefficient (Wildman–Crippen LogP) is 1.28. The second kappa shape index (κ2) is 7.21. The van der Waals surface area contributed by atoms with E-state index in [1.807, 2.05) is 18.2 Å². The first-order chi connectivity index (χ1) is 10.9. The number of ether oxygens (including phenoxy) is 2. The summed E-state index contributed by atoms with van der Waals surface area (Å²) in [5.41, 5.74) is 0.975. The smallest absolute Gasteiger partial charge is 0.222 e. The van der Waals surface area contributed by atoms with Gasteiger partial charge < -0.3 is 14.4 Å². The van der Waals surface area contributed by atoms with Gasteiger partial charge >= 0.3 is 0 Å². The molecule has 1 fully saturated rings. The predicted molar refractivity (Wildman–Crippen MR) is 87.7 cm³/mol. The van der Waals surface area contributed by atoms with Crippen molar-refractivity contribution in [2.45, 2.75) is 25.3 Å². The zero-order chi connectivity index (χ0) is 17.0. The number of carbonyl (C=O) groups excluding carboxylic acids is 1. The highest BCUT2D eigenvalue weighted by molar-refractivity contribution is 7.91. The first kappa shape index (κ1) is 17.6. The van der Waals surface area contributed by atoms with Crippen molar-refractivity contribution in [1.29, 1.82) is 0 Å². The molecule has 1 aromatic rings. The van der Waals surface area contributed by atoms with E-state index in [-0.39, 0.29) is 23.5 Å². The van der Waals surface area contributed by atoms with Gasteiger partial charge in [-0.2, -0.15) is 0 Å². The van der Waals surface area contributed by atoms with E-state index < -0.39 is 9.84 Å².